The smallest absolute Gasteiger partial charge is 0.236 e. The summed E-state index contributed by atoms with van der Waals surface area (Å²) in [6.07, 6.45) is 6.87. The molecule has 4 nitrogen and oxygen atoms in total. The van der Waals surface area contributed by atoms with Crippen LogP contribution in [-0.2, 0) is 11.2 Å². The second-order valence-electron chi connectivity index (χ2n) is 6.00. The SMILES string of the molecule is CCCCN.O=C(CNCCCc1ccccc1)N1CCCC1. The van der Waals surface area contributed by atoms with E-state index in [4.69, 9.17) is 5.73 Å². The first-order chi connectivity index (χ1) is 11.3. The fourth-order valence-electron chi connectivity index (χ4n) is 2.54. The second kappa shape index (κ2) is 13.1. The third kappa shape index (κ3) is 9.36. The lowest BCUT2D eigenvalue weighted by Gasteiger charge is -2.15. The van der Waals surface area contributed by atoms with Crippen LogP contribution in [0, 0.1) is 0 Å². The number of hydrogen-bond acceptors (Lipinski definition) is 3. The van der Waals surface area contributed by atoms with Gasteiger partial charge >= 0.3 is 0 Å². The number of carbonyl (C=O) groups excluding carboxylic acids is 1. The highest BCUT2D eigenvalue weighted by Crippen LogP contribution is 2.06. The third-order valence-corrected chi connectivity index (χ3v) is 3.95. The van der Waals surface area contributed by atoms with Gasteiger partial charge in [-0.05, 0) is 50.8 Å². The molecule has 1 aromatic carbocycles. The Hall–Kier alpha value is -1.39. The molecule has 23 heavy (non-hydrogen) atoms. The maximum absolute atomic E-state index is 11.7. The zero-order chi connectivity index (χ0) is 16.8. The van der Waals surface area contributed by atoms with Crippen LogP contribution in [0.15, 0.2) is 30.3 Å². The third-order valence-electron chi connectivity index (χ3n) is 3.95. The Bertz CT molecular complexity index is 400. The zero-order valence-corrected chi connectivity index (χ0v) is 14.6. The average molecular weight is 319 g/mol. The first-order valence-corrected chi connectivity index (χ1v) is 9.00. The summed E-state index contributed by atoms with van der Waals surface area (Å²) in [5, 5.41) is 3.24. The lowest BCUT2D eigenvalue weighted by atomic mass is 10.1. The molecular formula is C19H33N3O. The van der Waals surface area contributed by atoms with Gasteiger partial charge in [0.1, 0.15) is 0 Å². The Morgan fingerprint density at radius 2 is 1.87 bits per heavy atom. The van der Waals surface area contributed by atoms with Gasteiger partial charge in [0.15, 0.2) is 0 Å². The van der Waals surface area contributed by atoms with E-state index in [0.29, 0.717) is 6.54 Å². The highest BCUT2D eigenvalue weighted by molar-refractivity contribution is 5.78. The molecule has 3 N–H and O–H groups in total. The molecule has 1 aliphatic heterocycles. The van der Waals surface area contributed by atoms with Crippen LogP contribution in [0.3, 0.4) is 0 Å². The van der Waals surface area contributed by atoms with E-state index >= 15 is 0 Å². The minimum Gasteiger partial charge on any atom is -0.342 e. The minimum absolute atomic E-state index is 0.257. The Morgan fingerprint density at radius 3 is 2.43 bits per heavy atom. The molecule has 1 amide bonds. The van der Waals surface area contributed by atoms with E-state index in [-0.39, 0.29) is 5.91 Å². The first kappa shape index (κ1) is 19.7. The van der Waals surface area contributed by atoms with Crippen LogP contribution in [0.4, 0.5) is 0 Å². The first-order valence-electron chi connectivity index (χ1n) is 9.00. The van der Waals surface area contributed by atoms with E-state index < -0.39 is 0 Å². The largest absolute Gasteiger partial charge is 0.342 e. The van der Waals surface area contributed by atoms with Crippen LogP contribution in [0.25, 0.3) is 0 Å². The molecule has 0 unspecified atom stereocenters. The molecule has 0 atom stereocenters. The molecule has 0 bridgehead atoms. The minimum atomic E-state index is 0.257. The number of nitrogens with zero attached hydrogens (tertiary/aromatic N) is 1. The lowest BCUT2D eigenvalue weighted by molar-refractivity contribution is -0.129. The molecule has 4 heteroatoms. The van der Waals surface area contributed by atoms with Crippen LogP contribution in [-0.4, -0.2) is 43.5 Å². The molecule has 1 saturated heterocycles. The van der Waals surface area contributed by atoms with Gasteiger partial charge in [-0.15, -0.1) is 0 Å². The number of nitrogens with two attached hydrogens (primary N) is 1. The Morgan fingerprint density at radius 1 is 1.17 bits per heavy atom. The van der Waals surface area contributed by atoms with Crippen molar-refractivity contribution in [1.82, 2.24) is 10.2 Å². The number of nitrogens with one attached hydrogen (secondary N) is 1. The molecule has 130 valence electrons. The van der Waals surface area contributed by atoms with Crippen molar-refractivity contribution in [3.8, 4) is 0 Å². The zero-order valence-electron chi connectivity index (χ0n) is 14.6. The number of benzene rings is 1. The molecule has 0 radical (unpaired) electrons. The fraction of sp³-hybridized carbons (Fsp3) is 0.632. The van der Waals surface area contributed by atoms with Crippen LogP contribution in [0.1, 0.15) is 44.6 Å². The fourth-order valence-corrected chi connectivity index (χ4v) is 2.54. The summed E-state index contributed by atoms with van der Waals surface area (Å²) in [7, 11) is 0. The average Bonchev–Trinajstić information content (AvgIpc) is 3.11. The quantitative estimate of drug-likeness (QED) is 0.724. The molecule has 0 spiro atoms. The maximum Gasteiger partial charge on any atom is 0.236 e. The van der Waals surface area contributed by atoms with Crippen LogP contribution in [0.2, 0.25) is 0 Å². The Kier molecular flexibility index (Phi) is 11.2. The normalized spacial score (nSPS) is 13.6. The van der Waals surface area contributed by atoms with Crippen LogP contribution in [0.5, 0.6) is 0 Å². The summed E-state index contributed by atoms with van der Waals surface area (Å²) in [4.78, 5) is 13.7. The van der Waals surface area contributed by atoms with Crippen molar-refractivity contribution >= 4 is 5.91 Å². The topological polar surface area (TPSA) is 58.4 Å². The van der Waals surface area contributed by atoms with Gasteiger partial charge in [0.05, 0.1) is 6.54 Å². The number of carbonyl (C=O) groups is 1. The van der Waals surface area contributed by atoms with Crippen molar-refractivity contribution in [3.63, 3.8) is 0 Å². The molecule has 1 aromatic rings. The van der Waals surface area contributed by atoms with Gasteiger partial charge in [-0.2, -0.15) is 0 Å². The number of unbranched alkanes of at least 4 members (excludes halogenated alkanes) is 1. The Balaban J connectivity index is 0.000000463. The summed E-state index contributed by atoms with van der Waals surface area (Å²) in [5.74, 6) is 0.257. The van der Waals surface area contributed by atoms with Crippen molar-refractivity contribution in [3.05, 3.63) is 35.9 Å². The lowest BCUT2D eigenvalue weighted by Crippen LogP contribution is -2.36. The van der Waals surface area contributed by atoms with Gasteiger partial charge in [-0.25, -0.2) is 0 Å². The van der Waals surface area contributed by atoms with Gasteiger partial charge in [-0.3, -0.25) is 4.79 Å². The number of aryl methyl sites for hydroxylation is 1. The standard InChI is InChI=1S/C15H22N2O.C4H11N/c18-15(17-11-4-5-12-17)13-16-10-6-9-14-7-2-1-3-8-14;1-2-3-4-5/h1-3,7-8,16H,4-6,9-13H2;2-5H2,1H3. The monoisotopic (exact) mass is 319 g/mol. The molecule has 0 aliphatic carbocycles. The van der Waals surface area contributed by atoms with Gasteiger partial charge in [0.2, 0.25) is 5.91 Å². The highest BCUT2D eigenvalue weighted by atomic mass is 16.2. The van der Waals surface area contributed by atoms with Crippen LogP contribution < -0.4 is 11.1 Å². The summed E-state index contributed by atoms with van der Waals surface area (Å²) in [5.41, 5.74) is 6.50. The van der Waals surface area contributed by atoms with E-state index in [0.717, 1.165) is 39.0 Å². The van der Waals surface area contributed by atoms with E-state index in [1.807, 2.05) is 11.0 Å². The predicted octanol–water partition coefficient (Wildman–Crippen LogP) is 2.58. The van der Waals surface area contributed by atoms with E-state index in [1.54, 1.807) is 0 Å². The van der Waals surface area contributed by atoms with Crippen molar-refractivity contribution in [2.75, 3.05) is 32.7 Å². The summed E-state index contributed by atoms with van der Waals surface area (Å²) < 4.78 is 0. The summed E-state index contributed by atoms with van der Waals surface area (Å²) in [6, 6.07) is 10.5. The summed E-state index contributed by atoms with van der Waals surface area (Å²) in [6.45, 7) is 6.28. The van der Waals surface area contributed by atoms with E-state index in [9.17, 15) is 4.79 Å². The van der Waals surface area contributed by atoms with Crippen molar-refractivity contribution < 1.29 is 4.79 Å². The molecule has 1 aliphatic rings. The van der Waals surface area contributed by atoms with Crippen LogP contribution >= 0.6 is 0 Å². The predicted molar refractivity (Wildman–Crippen MR) is 97.4 cm³/mol. The van der Waals surface area contributed by atoms with Gasteiger partial charge in [-0.1, -0.05) is 43.7 Å². The molecule has 0 saturated carbocycles. The highest BCUT2D eigenvalue weighted by Gasteiger charge is 2.16. The van der Waals surface area contributed by atoms with Crippen molar-refractivity contribution in [2.24, 2.45) is 5.73 Å². The molecule has 2 rings (SSSR count). The molecule has 0 aromatic heterocycles. The Labute approximate surface area is 141 Å². The maximum atomic E-state index is 11.7. The van der Waals surface area contributed by atoms with Gasteiger partial charge in [0, 0.05) is 13.1 Å². The molecular weight excluding hydrogens is 286 g/mol. The van der Waals surface area contributed by atoms with E-state index in [1.165, 1.54) is 31.2 Å². The van der Waals surface area contributed by atoms with Crippen molar-refractivity contribution in [2.45, 2.75) is 45.4 Å². The van der Waals surface area contributed by atoms with Gasteiger partial charge in [0.25, 0.3) is 0 Å². The van der Waals surface area contributed by atoms with Crippen molar-refractivity contribution in [1.29, 1.82) is 0 Å². The molecule has 1 heterocycles. The number of likely N-dealkylation sites (tertiary alicyclic amines) is 1. The number of rotatable bonds is 8. The number of amides is 1. The number of hydrogen-bond donors (Lipinski definition) is 2. The molecule has 1 fully saturated rings. The second-order valence-corrected chi connectivity index (χ2v) is 6.00. The van der Waals surface area contributed by atoms with Gasteiger partial charge < -0.3 is 16.0 Å². The van der Waals surface area contributed by atoms with E-state index in [2.05, 4.69) is 36.5 Å². The summed E-state index contributed by atoms with van der Waals surface area (Å²) >= 11 is 0.